The van der Waals surface area contributed by atoms with Gasteiger partial charge >= 0.3 is 0 Å². The molecule has 0 saturated heterocycles. The van der Waals surface area contributed by atoms with E-state index in [1.165, 1.54) is 0 Å². The molecular formula is C12H23N3O. The van der Waals surface area contributed by atoms with E-state index in [0.717, 1.165) is 17.7 Å². The lowest BCUT2D eigenvalue weighted by atomic mass is 10.0. The van der Waals surface area contributed by atoms with Gasteiger partial charge < -0.3 is 10.4 Å². The van der Waals surface area contributed by atoms with E-state index >= 15 is 0 Å². The maximum absolute atomic E-state index is 9.85. The van der Waals surface area contributed by atoms with Gasteiger partial charge in [-0.2, -0.15) is 5.10 Å². The van der Waals surface area contributed by atoms with Crippen LogP contribution in [0.25, 0.3) is 0 Å². The zero-order valence-electron chi connectivity index (χ0n) is 10.6. The number of rotatable bonds is 6. The summed E-state index contributed by atoms with van der Waals surface area (Å²) < 4.78 is 0. The Kier molecular flexibility index (Phi) is 4.96. The van der Waals surface area contributed by atoms with Gasteiger partial charge in [-0.3, -0.25) is 5.10 Å². The van der Waals surface area contributed by atoms with E-state index in [1.807, 2.05) is 13.1 Å². The molecule has 4 heteroatoms. The lowest BCUT2D eigenvalue weighted by Gasteiger charge is -2.20. The predicted octanol–water partition coefficient (Wildman–Crippen LogP) is 1.78. The Bertz CT molecular complexity index is 311. The summed E-state index contributed by atoms with van der Waals surface area (Å²) >= 11 is 0. The fraction of sp³-hybridized carbons (Fsp3) is 0.750. The zero-order valence-corrected chi connectivity index (χ0v) is 10.6. The summed E-state index contributed by atoms with van der Waals surface area (Å²) in [5, 5.41) is 20.1. The maximum Gasteiger partial charge on any atom is 0.0690 e. The lowest BCUT2D eigenvalue weighted by Crippen LogP contribution is -2.33. The van der Waals surface area contributed by atoms with Crippen LogP contribution in [0.3, 0.4) is 0 Å². The van der Waals surface area contributed by atoms with E-state index in [2.05, 4.69) is 36.3 Å². The minimum atomic E-state index is -0.278. The van der Waals surface area contributed by atoms with E-state index in [1.54, 1.807) is 0 Å². The highest BCUT2D eigenvalue weighted by Crippen LogP contribution is 2.15. The average Bonchev–Trinajstić information content (AvgIpc) is 2.70. The summed E-state index contributed by atoms with van der Waals surface area (Å²) in [7, 11) is 0. The molecule has 1 aromatic rings. The van der Waals surface area contributed by atoms with Crippen LogP contribution in [0.1, 0.15) is 44.5 Å². The molecule has 16 heavy (non-hydrogen) atoms. The van der Waals surface area contributed by atoms with Gasteiger partial charge in [0.2, 0.25) is 0 Å². The van der Waals surface area contributed by atoms with Gasteiger partial charge in [-0.25, -0.2) is 0 Å². The van der Waals surface area contributed by atoms with Crippen LogP contribution in [-0.2, 0) is 0 Å². The third kappa shape index (κ3) is 3.32. The molecule has 4 nitrogen and oxygen atoms in total. The van der Waals surface area contributed by atoms with Crippen LogP contribution < -0.4 is 5.32 Å². The SMILES string of the molecule is CCC(C)C(O)CNC(C)c1cn[nH]c1C. The van der Waals surface area contributed by atoms with Crippen molar-refractivity contribution in [2.24, 2.45) is 5.92 Å². The van der Waals surface area contributed by atoms with Gasteiger partial charge in [0.1, 0.15) is 0 Å². The smallest absolute Gasteiger partial charge is 0.0690 e. The Morgan fingerprint density at radius 3 is 2.69 bits per heavy atom. The number of aliphatic hydroxyl groups excluding tert-OH is 1. The summed E-state index contributed by atoms with van der Waals surface area (Å²) in [6.45, 7) is 8.88. The predicted molar refractivity (Wildman–Crippen MR) is 65.2 cm³/mol. The van der Waals surface area contributed by atoms with Crippen molar-refractivity contribution in [2.75, 3.05) is 6.54 Å². The first-order valence-electron chi connectivity index (χ1n) is 5.97. The fourth-order valence-electron chi connectivity index (χ4n) is 1.68. The molecule has 1 rings (SSSR count). The second-order valence-corrected chi connectivity index (χ2v) is 4.53. The summed E-state index contributed by atoms with van der Waals surface area (Å²) in [6.07, 6.45) is 2.56. The number of aromatic nitrogens is 2. The third-order valence-corrected chi connectivity index (χ3v) is 3.27. The number of H-pyrrole nitrogens is 1. The standard InChI is InChI=1S/C12H23N3O/c1-5-8(2)12(16)7-13-9(3)11-6-14-15-10(11)4/h6,8-9,12-13,16H,5,7H2,1-4H3,(H,14,15). The van der Waals surface area contributed by atoms with Gasteiger partial charge in [-0.05, 0) is 19.8 Å². The van der Waals surface area contributed by atoms with Crippen LogP contribution in [0.5, 0.6) is 0 Å². The molecule has 0 spiro atoms. The zero-order chi connectivity index (χ0) is 12.1. The van der Waals surface area contributed by atoms with E-state index in [-0.39, 0.29) is 12.1 Å². The second-order valence-electron chi connectivity index (χ2n) is 4.53. The van der Waals surface area contributed by atoms with Crippen molar-refractivity contribution in [3.8, 4) is 0 Å². The Hall–Kier alpha value is -0.870. The molecule has 3 atom stereocenters. The molecule has 92 valence electrons. The van der Waals surface area contributed by atoms with Crippen molar-refractivity contribution in [2.45, 2.75) is 46.3 Å². The molecule has 0 aliphatic heterocycles. The van der Waals surface area contributed by atoms with E-state index in [4.69, 9.17) is 0 Å². The maximum atomic E-state index is 9.85. The fourth-order valence-corrected chi connectivity index (χ4v) is 1.68. The van der Waals surface area contributed by atoms with Crippen molar-refractivity contribution in [1.29, 1.82) is 0 Å². The third-order valence-electron chi connectivity index (χ3n) is 3.27. The highest BCUT2D eigenvalue weighted by atomic mass is 16.3. The second kappa shape index (κ2) is 6.01. The number of aryl methyl sites for hydroxylation is 1. The molecular weight excluding hydrogens is 202 g/mol. The van der Waals surface area contributed by atoms with Crippen LogP contribution in [-0.4, -0.2) is 28.0 Å². The van der Waals surface area contributed by atoms with Crippen LogP contribution in [0.4, 0.5) is 0 Å². The molecule has 0 aliphatic carbocycles. The normalized spacial score (nSPS) is 17.1. The van der Waals surface area contributed by atoms with Gasteiger partial charge in [0.25, 0.3) is 0 Å². The van der Waals surface area contributed by atoms with Crippen molar-refractivity contribution in [1.82, 2.24) is 15.5 Å². The Morgan fingerprint density at radius 2 is 2.19 bits per heavy atom. The van der Waals surface area contributed by atoms with Crippen LogP contribution >= 0.6 is 0 Å². The Balaban J connectivity index is 2.41. The quantitative estimate of drug-likeness (QED) is 0.691. The molecule has 0 aliphatic rings. The first-order chi connectivity index (χ1) is 7.56. The largest absolute Gasteiger partial charge is 0.392 e. The Morgan fingerprint density at radius 1 is 1.50 bits per heavy atom. The summed E-state index contributed by atoms with van der Waals surface area (Å²) in [5.74, 6) is 0.338. The van der Waals surface area contributed by atoms with Crippen molar-refractivity contribution < 1.29 is 5.11 Å². The van der Waals surface area contributed by atoms with Crippen LogP contribution in [0.2, 0.25) is 0 Å². The molecule has 1 heterocycles. The van der Waals surface area contributed by atoms with Gasteiger partial charge in [-0.1, -0.05) is 20.3 Å². The molecule has 0 saturated carbocycles. The molecule has 0 bridgehead atoms. The Labute approximate surface area is 97.5 Å². The molecule has 0 aromatic carbocycles. The van der Waals surface area contributed by atoms with Gasteiger partial charge in [0, 0.05) is 23.8 Å². The van der Waals surface area contributed by atoms with Gasteiger partial charge in [0.05, 0.1) is 12.3 Å². The van der Waals surface area contributed by atoms with Crippen molar-refractivity contribution in [3.05, 3.63) is 17.5 Å². The molecule has 1 aromatic heterocycles. The van der Waals surface area contributed by atoms with Gasteiger partial charge in [-0.15, -0.1) is 0 Å². The average molecular weight is 225 g/mol. The highest BCUT2D eigenvalue weighted by molar-refractivity contribution is 5.18. The number of hydrogen-bond acceptors (Lipinski definition) is 3. The molecule has 0 fully saturated rings. The van der Waals surface area contributed by atoms with E-state index in [0.29, 0.717) is 12.5 Å². The van der Waals surface area contributed by atoms with Crippen LogP contribution in [0.15, 0.2) is 6.20 Å². The number of aromatic amines is 1. The number of hydrogen-bond donors (Lipinski definition) is 3. The molecule has 0 amide bonds. The molecule has 3 unspecified atom stereocenters. The molecule has 0 radical (unpaired) electrons. The van der Waals surface area contributed by atoms with E-state index in [9.17, 15) is 5.11 Å². The van der Waals surface area contributed by atoms with Crippen LogP contribution in [0, 0.1) is 12.8 Å². The topological polar surface area (TPSA) is 60.9 Å². The first-order valence-corrected chi connectivity index (χ1v) is 5.97. The minimum absolute atomic E-state index is 0.220. The summed E-state index contributed by atoms with van der Waals surface area (Å²) in [4.78, 5) is 0. The number of aliphatic hydroxyl groups is 1. The van der Waals surface area contributed by atoms with Gasteiger partial charge in [0.15, 0.2) is 0 Å². The summed E-state index contributed by atoms with van der Waals surface area (Å²) in [5.41, 5.74) is 2.24. The highest BCUT2D eigenvalue weighted by Gasteiger charge is 2.15. The van der Waals surface area contributed by atoms with E-state index < -0.39 is 0 Å². The van der Waals surface area contributed by atoms with Crippen molar-refractivity contribution >= 4 is 0 Å². The first kappa shape index (κ1) is 13.2. The summed E-state index contributed by atoms with van der Waals surface area (Å²) in [6, 6.07) is 0.220. The monoisotopic (exact) mass is 225 g/mol. The number of nitrogens with zero attached hydrogens (tertiary/aromatic N) is 1. The lowest BCUT2D eigenvalue weighted by molar-refractivity contribution is 0.110. The minimum Gasteiger partial charge on any atom is -0.392 e. The molecule has 3 N–H and O–H groups in total. The number of nitrogens with one attached hydrogen (secondary N) is 2. The van der Waals surface area contributed by atoms with Crippen molar-refractivity contribution in [3.63, 3.8) is 0 Å².